The lowest BCUT2D eigenvalue weighted by molar-refractivity contribution is 0.0514. The van der Waals surface area contributed by atoms with Crippen molar-refractivity contribution in [1.29, 1.82) is 0 Å². The molecule has 0 bridgehead atoms. The van der Waals surface area contributed by atoms with Crippen molar-refractivity contribution in [2.45, 2.75) is 13.8 Å². The Morgan fingerprint density at radius 2 is 1.17 bits per heavy atom. The number of nitrogens with zero attached hydrogens (tertiary/aromatic N) is 1. The number of hydrogen-bond donors (Lipinski definition) is 0. The average Bonchev–Trinajstić information content (AvgIpc) is 3.04. The quantitative estimate of drug-likeness (QED) is 0.140. The van der Waals surface area contributed by atoms with Crippen LogP contribution in [0.3, 0.4) is 0 Å². The van der Waals surface area contributed by atoms with Gasteiger partial charge in [-0.3, -0.25) is 4.79 Å². The van der Waals surface area contributed by atoms with Gasteiger partial charge in [-0.25, -0.2) is 4.79 Å². The number of benzene rings is 4. The molecular weight excluding hydrogens is 542 g/mol. The molecule has 0 aliphatic carbocycles. The Labute approximate surface area is 246 Å². The zero-order valence-electron chi connectivity index (χ0n) is 23.9. The van der Waals surface area contributed by atoms with Crippen molar-refractivity contribution >= 4 is 46.4 Å². The highest BCUT2D eigenvalue weighted by Crippen LogP contribution is 2.29. The predicted molar refractivity (Wildman–Crippen MR) is 170 cm³/mol. The highest BCUT2D eigenvalue weighted by atomic mass is 28.3. The summed E-state index contributed by atoms with van der Waals surface area (Å²) in [6.07, 6.45) is 0. The summed E-state index contributed by atoms with van der Waals surface area (Å²) in [5, 5.41) is 3.31. The van der Waals surface area contributed by atoms with Crippen molar-refractivity contribution in [2.75, 3.05) is 25.2 Å². The van der Waals surface area contributed by atoms with Gasteiger partial charge in [0, 0.05) is 12.7 Å². The first-order chi connectivity index (χ1) is 20.5. The van der Waals surface area contributed by atoms with Crippen molar-refractivity contribution in [1.82, 2.24) is 0 Å². The number of anilines is 2. The number of carbonyl (C=O) groups is 1. The molecule has 5 aromatic rings. The van der Waals surface area contributed by atoms with E-state index < -0.39 is 19.5 Å². The summed E-state index contributed by atoms with van der Waals surface area (Å²) < 4.78 is 17.8. The Kier molecular flexibility index (Phi) is 8.69. The van der Waals surface area contributed by atoms with Gasteiger partial charge < -0.3 is 18.8 Å². The van der Waals surface area contributed by atoms with Gasteiger partial charge in [0.1, 0.15) is 0 Å². The molecule has 42 heavy (non-hydrogen) atoms. The van der Waals surface area contributed by atoms with Crippen LogP contribution >= 0.6 is 0 Å². The molecule has 0 aliphatic rings. The second-order valence-corrected chi connectivity index (χ2v) is 13.4. The Morgan fingerprint density at radius 3 is 1.60 bits per heavy atom. The molecule has 0 saturated heterocycles. The molecule has 0 amide bonds. The van der Waals surface area contributed by atoms with Gasteiger partial charge in [-0.2, -0.15) is 0 Å². The molecular formula is C35H33NO5Si. The van der Waals surface area contributed by atoms with E-state index in [0.717, 1.165) is 21.2 Å². The van der Waals surface area contributed by atoms with Gasteiger partial charge in [-0.05, 0) is 41.5 Å². The minimum absolute atomic E-state index is 0.101. The lowest BCUT2D eigenvalue weighted by atomic mass is 10.2. The van der Waals surface area contributed by atoms with Gasteiger partial charge in [0.2, 0.25) is 11.3 Å². The van der Waals surface area contributed by atoms with E-state index in [4.69, 9.17) is 13.9 Å². The summed E-state index contributed by atoms with van der Waals surface area (Å²) >= 11 is 0. The maximum absolute atomic E-state index is 15.1. The van der Waals surface area contributed by atoms with Crippen LogP contribution in [0.1, 0.15) is 24.2 Å². The van der Waals surface area contributed by atoms with E-state index in [1.165, 1.54) is 0 Å². The highest BCUT2D eigenvalue weighted by molar-refractivity contribution is 7.20. The number of rotatable bonds is 10. The smallest absolute Gasteiger partial charge is 0.349 e. The second kappa shape index (κ2) is 12.7. The van der Waals surface area contributed by atoms with Gasteiger partial charge in [0.15, 0.2) is 13.6 Å². The first-order valence-corrected chi connectivity index (χ1v) is 16.0. The first-order valence-electron chi connectivity index (χ1n) is 14.0. The maximum atomic E-state index is 15.1. The van der Waals surface area contributed by atoms with E-state index in [-0.39, 0.29) is 24.7 Å². The van der Waals surface area contributed by atoms with Crippen LogP contribution in [0.2, 0.25) is 0 Å². The standard InChI is InChI=1S/C35H33NO5Si/c1-4-39-34(38)30-31(37)32(33(41-35(30)40-5-2)36(3)26-18-10-6-11-19-26)42(27-20-12-7-13-21-27,28-22-14-8-15-23-28)29-24-16-9-17-25-29/h6-25H,4-5H2,1-3H3. The average molecular weight is 576 g/mol. The Morgan fingerprint density at radius 1 is 0.714 bits per heavy atom. The van der Waals surface area contributed by atoms with Crippen LogP contribution in [-0.2, 0) is 4.74 Å². The molecule has 0 N–H and O–H groups in total. The summed E-state index contributed by atoms with van der Waals surface area (Å²) in [4.78, 5) is 30.4. The van der Waals surface area contributed by atoms with Crippen LogP contribution in [0.4, 0.5) is 11.6 Å². The molecule has 4 aromatic carbocycles. The van der Waals surface area contributed by atoms with Crippen molar-refractivity contribution in [3.05, 3.63) is 137 Å². The zero-order valence-corrected chi connectivity index (χ0v) is 24.9. The molecule has 7 heteroatoms. The highest BCUT2D eigenvalue weighted by Gasteiger charge is 2.48. The van der Waals surface area contributed by atoms with E-state index in [1.807, 2.05) is 96.9 Å². The third-order valence-corrected chi connectivity index (χ3v) is 12.0. The topological polar surface area (TPSA) is 69.0 Å². The third-order valence-electron chi connectivity index (χ3n) is 7.26. The molecule has 0 atom stereocenters. The fourth-order valence-electron chi connectivity index (χ4n) is 5.45. The normalized spacial score (nSPS) is 11.1. The van der Waals surface area contributed by atoms with Gasteiger partial charge in [0.25, 0.3) is 0 Å². The second-order valence-electron chi connectivity index (χ2n) is 9.67. The summed E-state index contributed by atoms with van der Waals surface area (Å²) in [6.45, 7) is 3.78. The van der Waals surface area contributed by atoms with E-state index in [9.17, 15) is 4.79 Å². The monoisotopic (exact) mass is 575 g/mol. The van der Waals surface area contributed by atoms with Crippen LogP contribution < -0.4 is 35.8 Å². The van der Waals surface area contributed by atoms with Gasteiger partial charge >= 0.3 is 11.9 Å². The van der Waals surface area contributed by atoms with E-state index in [2.05, 4.69) is 36.4 Å². The number of esters is 1. The Hall–Kier alpha value is -4.88. The van der Waals surface area contributed by atoms with Gasteiger partial charge in [-0.1, -0.05) is 109 Å². The summed E-state index contributed by atoms with van der Waals surface area (Å²) in [7, 11) is -1.58. The van der Waals surface area contributed by atoms with Crippen molar-refractivity contribution in [2.24, 2.45) is 0 Å². The number of ether oxygens (including phenoxy) is 2. The van der Waals surface area contributed by atoms with Crippen LogP contribution in [0.5, 0.6) is 5.95 Å². The largest absolute Gasteiger partial charge is 0.465 e. The minimum atomic E-state index is -3.44. The van der Waals surface area contributed by atoms with E-state index in [1.54, 1.807) is 13.8 Å². The predicted octanol–water partition coefficient (Wildman–Crippen LogP) is 4.36. The molecule has 1 aromatic heterocycles. The summed E-state index contributed by atoms with van der Waals surface area (Å²) in [5.74, 6) is -0.618. The first kappa shape index (κ1) is 28.6. The van der Waals surface area contributed by atoms with E-state index in [0.29, 0.717) is 11.1 Å². The number of carbonyl (C=O) groups excluding carboxylic acids is 1. The molecule has 0 unspecified atom stereocenters. The minimum Gasteiger partial charge on any atom is -0.465 e. The third kappa shape index (κ3) is 5.15. The lowest BCUT2D eigenvalue weighted by Crippen LogP contribution is -2.78. The molecule has 6 nitrogen and oxygen atoms in total. The fraction of sp³-hybridized carbons (Fsp3) is 0.143. The van der Waals surface area contributed by atoms with E-state index >= 15 is 4.79 Å². The molecule has 212 valence electrons. The Balaban J connectivity index is 2.03. The molecule has 1 heterocycles. The number of para-hydroxylation sites is 1. The van der Waals surface area contributed by atoms with Crippen LogP contribution in [-0.4, -0.2) is 34.3 Å². The lowest BCUT2D eigenvalue weighted by Gasteiger charge is -2.36. The summed E-state index contributed by atoms with van der Waals surface area (Å²) in [5.41, 5.74) is 0.105. The summed E-state index contributed by atoms with van der Waals surface area (Å²) in [6, 6.07) is 39.7. The van der Waals surface area contributed by atoms with Crippen molar-refractivity contribution in [3.63, 3.8) is 0 Å². The van der Waals surface area contributed by atoms with Crippen LogP contribution in [0, 0.1) is 0 Å². The molecule has 0 radical (unpaired) electrons. The molecule has 0 saturated carbocycles. The molecule has 5 rings (SSSR count). The zero-order chi connectivity index (χ0) is 29.5. The maximum Gasteiger partial charge on any atom is 0.349 e. The van der Waals surface area contributed by atoms with Crippen LogP contribution in [0.15, 0.2) is 131 Å². The van der Waals surface area contributed by atoms with Crippen LogP contribution in [0.25, 0.3) is 0 Å². The van der Waals surface area contributed by atoms with Gasteiger partial charge in [-0.15, -0.1) is 0 Å². The molecule has 0 fully saturated rings. The fourth-order valence-corrected chi connectivity index (χ4v) is 10.4. The SMILES string of the molecule is CCOC(=O)c1c(OCC)oc(N(C)c2ccccc2)c([Si](c2ccccc2)(c2ccccc2)c2ccccc2)c1=O. The number of hydrogen-bond acceptors (Lipinski definition) is 6. The van der Waals surface area contributed by atoms with Gasteiger partial charge in [0.05, 0.1) is 18.4 Å². The van der Waals surface area contributed by atoms with Crippen molar-refractivity contribution < 1.29 is 18.7 Å². The molecule has 0 aliphatic heterocycles. The molecule has 0 spiro atoms. The Bertz CT molecular complexity index is 1590. The van der Waals surface area contributed by atoms with Crippen molar-refractivity contribution in [3.8, 4) is 5.95 Å².